The molecule has 0 spiro atoms. The van der Waals surface area contributed by atoms with Crippen molar-refractivity contribution in [2.45, 2.75) is 24.5 Å². The number of nitrogens with two attached hydrogens (primary N) is 1. The second kappa shape index (κ2) is 6.65. The number of aromatic nitrogens is 1. The van der Waals surface area contributed by atoms with Gasteiger partial charge in [-0.1, -0.05) is 6.42 Å². The number of thioether (sulfide) groups is 1. The summed E-state index contributed by atoms with van der Waals surface area (Å²) in [7, 11) is 1.34. The molecule has 0 radical (unpaired) electrons. The number of carbonyl (C=O) groups is 1. The molecule has 2 rings (SSSR count). The molecule has 0 aliphatic carbocycles. The molecule has 0 aromatic carbocycles. The fourth-order valence-electron chi connectivity index (χ4n) is 2.01. The molecule has 19 heavy (non-hydrogen) atoms. The van der Waals surface area contributed by atoms with Gasteiger partial charge >= 0.3 is 5.97 Å². The van der Waals surface area contributed by atoms with E-state index in [4.69, 9.17) is 5.73 Å². The highest BCUT2D eigenvalue weighted by Crippen LogP contribution is 2.26. The Morgan fingerprint density at radius 2 is 2.42 bits per heavy atom. The van der Waals surface area contributed by atoms with Crippen molar-refractivity contribution in [3.63, 3.8) is 0 Å². The Morgan fingerprint density at radius 3 is 3.11 bits per heavy atom. The second-order valence-electron chi connectivity index (χ2n) is 4.50. The molecule has 2 heterocycles. The van der Waals surface area contributed by atoms with Gasteiger partial charge in [-0.2, -0.15) is 11.8 Å². The Labute approximate surface area is 117 Å². The van der Waals surface area contributed by atoms with Crippen LogP contribution in [0.25, 0.3) is 0 Å². The number of rotatable bonds is 4. The maximum atomic E-state index is 11.4. The lowest BCUT2D eigenvalue weighted by Crippen LogP contribution is -2.21. The van der Waals surface area contributed by atoms with Crippen molar-refractivity contribution in [2.75, 3.05) is 30.5 Å². The lowest BCUT2D eigenvalue weighted by atomic mass is 10.2. The zero-order valence-corrected chi connectivity index (χ0v) is 11.8. The molecular weight excluding hydrogens is 262 g/mol. The van der Waals surface area contributed by atoms with E-state index in [0.717, 1.165) is 6.54 Å². The van der Waals surface area contributed by atoms with Gasteiger partial charge in [0.1, 0.15) is 5.82 Å². The topological polar surface area (TPSA) is 77.2 Å². The summed E-state index contributed by atoms with van der Waals surface area (Å²) in [6, 6.07) is 3.25. The SMILES string of the molecule is COC(=O)c1ccc(N)c(NCC2CCCCS2)n1. The van der Waals surface area contributed by atoms with Gasteiger partial charge < -0.3 is 15.8 Å². The lowest BCUT2D eigenvalue weighted by Gasteiger charge is -2.22. The van der Waals surface area contributed by atoms with Gasteiger partial charge in [-0.25, -0.2) is 9.78 Å². The number of ether oxygens (including phenoxy) is 1. The highest BCUT2D eigenvalue weighted by molar-refractivity contribution is 7.99. The van der Waals surface area contributed by atoms with Gasteiger partial charge in [-0.3, -0.25) is 0 Å². The predicted molar refractivity (Wildman–Crippen MR) is 78.6 cm³/mol. The molecule has 1 aromatic heterocycles. The smallest absolute Gasteiger partial charge is 0.356 e. The summed E-state index contributed by atoms with van der Waals surface area (Å²) >= 11 is 1.98. The standard InChI is InChI=1S/C13H19N3O2S/c1-18-13(17)11-6-5-10(14)12(16-11)15-8-9-4-2-3-7-19-9/h5-6,9H,2-4,7-8,14H2,1H3,(H,15,16). The predicted octanol–water partition coefficient (Wildman–Crippen LogP) is 2.15. The highest BCUT2D eigenvalue weighted by Gasteiger charge is 2.15. The van der Waals surface area contributed by atoms with E-state index in [0.29, 0.717) is 16.8 Å². The molecule has 0 bridgehead atoms. The maximum Gasteiger partial charge on any atom is 0.356 e. The number of methoxy groups -OCH3 is 1. The number of nitrogen functional groups attached to an aromatic ring is 1. The number of carbonyl (C=O) groups excluding carboxylic acids is 1. The summed E-state index contributed by atoms with van der Waals surface area (Å²) in [6.45, 7) is 0.826. The summed E-state index contributed by atoms with van der Waals surface area (Å²) in [5, 5.41) is 3.83. The number of hydrogen-bond acceptors (Lipinski definition) is 6. The number of pyridine rings is 1. The van der Waals surface area contributed by atoms with Gasteiger partial charge in [0.05, 0.1) is 12.8 Å². The first-order valence-corrected chi connectivity index (χ1v) is 7.46. The monoisotopic (exact) mass is 281 g/mol. The van der Waals surface area contributed by atoms with Crippen molar-refractivity contribution in [3.8, 4) is 0 Å². The average Bonchev–Trinajstić information content (AvgIpc) is 2.46. The van der Waals surface area contributed by atoms with Crippen molar-refractivity contribution in [1.82, 2.24) is 4.98 Å². The first-order chi connectivity index (χ1) is 9.20. The third-order valence-corrected chi connectivity index (χ3v) is 4.49. The molecule has 1 aliphatic rings. The van der Waals surface area contributed by atoms with Crippen molar-refractivity contribution in [1.29, 1.82) is 0 Å². The number of nitrogens with zero attached hydrogens (tertiary/aromatic N) is 1. The summed E-state index contributed by atoms with van der Waals surface area (Å²) in [5.41, 5.74) is 6.69. The van der Waals surface area contributed by atoms with Gasteiger partial charge in [-0.15, -0.1) is 0 Å². The summed E-state index contributed by atoms with van der Waals surface area (Å²) in [6.07, 6.45) is 3.80. The molecule has 0 amide bonds. The molecule has 6 heteroatoms. The molecule has 1 atom stereocenters. The van der Waals surface area contributed by atoms with Crippen LogP contribution in [0.2, 0.25) is 0 Å². The minimum atomic E-state index is -0.449. The van der Waals surface area contributed by atoms with Gasteiger partial charge in [-0.05, 0) is 30.7 Å². The second-order valence-corrected chi connectivity index (χ2v) is 5.90. The third-order valence-electron chi connectivity index (χ3n) is 3.09. The molecule has 1 saturated heterocycles. The molecule has 3 N–H and O–H groups in total. The van der Waals surface area contributed by atoms with Crippen LogP contribution in [0, 0.1) is 0 Å². The molecule has 1 unspecified atom stereocenters. The number of nitrogens with one attached hydrogen (secondary N) is 1. The van der Waals surface area contributed by atoms with Crippen LogP contribution in [-0.4, -0.2) is 35.6 Å². The van der Waals surface area contributed by atoms with Crippen LogP contribution in [0.3, 0.4) is 0 Å². The molecule has 5 nitrogen and oxygen atoms in total. The van der Waals surface area contributed by atoms with E-state index in [1.165, 1.54) is 32.1 Å². The molecular formula is C13H19N3O2S. The molecule has 1 fully saturated rings. The van der Waals surface area contributed by atoms with Crippen molar-refractivity contribution in [3.05, 3.63) is 17.8 Å². The van der Waals surface area contributed by atoms with Gasteiger partial charge in [0.2, 0.25) is 0 Å². The van der Waals surface area contributed by atoms with E-state index in [9.17, 15) is 4.79 Å². The van der Waals surface area contributed by atoms with Crippen LogP contribution in [0.15, 0.2) is 12.1 Å². The van der Waals surface area contributed by atoms with E-state index < -0.39 is 5.97 Å². The van der Waals surface area contributed by atoms with Crippen LogP contribution in [0.4, 0.5) is 11.5 Å². The highest BCUT2D eigenvalue weighted by atomic mass is 32.2. The quantitative estimate of drug-likeness (QED) is 0.823. The Hall–Kier alpha value is -1.43. The van der Waals surface area contributed by atoms with E-state index in [2.05, 4.69) is 15.0 Å². The Bertz CT molecular complexity index is 448. The first-order valence-electron chi connectivity index (χ1n) is 6.41. The lowest BCUT2D eigenvalue weighted by molar-refractivity contribution is 0.0594. The minimum absolute atomic E-state index is 0.274. The fraction of sp³-hybridized carbons (Fsp3) is 0.538. The summed E-state index contributed by atoms with van der Waals surface area (Å²) in [4.78, 5) is 15.6. The Balaban J connectivity index is 2.00. The summed E-state index contributed by atoms with van der Waals surface area (Å²) in [5.74, 6) is 1.33. The molecule has 1 aromatic rings. The van der Waals surface area contributed by atoms with Gasteiger partial charge in [0.15, 0.2) is 5.69 Å². The summed E-state index contributed by atoms with van der Waals surface area (Å²) < 4.78 is 4.65. The van der Waals surface area contributed by atoms with Crippen LogP contribution in [-0.2, 0) is 4.74 Å². The Kier molecular flexibility index (Phi) is 4.90. The average molecular weight is 281 g/mol. The number of hydrogen-bond donors (Lipinski definition) is 2. The van der Waals surface area contributed by atoms with Gasteiger partial charge in [0, 0.05) is 11.8 Å². The molecule has 1 aliphatic heterocycles. The van der Waals surface area contributed by atoms with Crippen LogP contribution in [0.1, 0.15) is 29.8 Å². The zero-order valence-electron chi connectivity index (χ0n) is 11.0. The zero-order chi connectivity index (χ0) is 13.7. The van der Waals surface area contributed by atoms with Gasteiger partial charge in [0.25, 0.3) is 0 Å². The maximum absolute atomic E-state index is 11.4. The first kappa shape index (κ1) is 14.0. The number of esters is 1. The van der Waals surface area contributed by atoms with E-state index in [1.54, 1.807) is 12.1 Å². The fourth-order valence-corrected chi connectivity index (χ4v) is 3.25. The normalized spacial score (nSPS) is 18.9. The van der Waals surface area contributed by atoms with E-state index >= 15 is 0 Å². The third kappa shape index (κ3) is 3.76. The van der Waals surface area contributed by atoms with Crippen LogP contribution in [0.5, 0.6) is 0 Å². The van der Waals surface area contributed by atoms with E-state index in [1.807, 2.05) is 11.8 Å². The van der Waals surface area contributed by atoms with E-state index in [-0.39, 0.29) is 5.69 Å². The van der Waals surface area contributed by atoms with Crippen molar-refractivity contribution in [2.24, 2.45) is 0 Å². The Morgan fingerprint density at radius 1 is 1.58 bits per heavy atom. The van der Waals surface area contributed by atoms with Crippen molar-refractivity contribution >= 4 is 29.2 Å². The van der Waals surface area contributed by atoms with Crippen LogP contribution >= 0.6 is 11.8 Å². The molecule has 0 saturated carbocycles. The largest absolute Gasteiger partial charge is 0.464 e. The van der Waals surface area contributed by atoms with Crippen LogP contribution < -0.4 is 11.1 Å². The van der Waals surface area contributed by atoms with Crippen molar-refractivity contribution < 1.29 is 9.53 Å². The minimum Gasteiger partial charge on any atom is -0.464 e. The molecule has 104 valence electrons. The number of anilines is 2.